The van der Waals surface area contributed by atoms with E-state index in [1.807, 2.05) is 0 Å². The second-order valence-corrected chi connectivity index (χ2v) is 4.85. The third kappa shape index (κ3) is 3.11. The Balaban J connectivity index is 2.39. The highest BCUT2D eigenvalue weighted by molar-refractivity contribution is 4.85. The van der Waals surface area contributed by atoms with E-state index in [1.165, 1.54) is 12.8 Å². The summed E-state index contributed by atoms with van der Waals surface area (Å²) in [6.07, 6.45) is 4.40. The lowest BCUT2D eigenvalue weighted by molar-refractivity contribution is 0.0781. The van der Waals surface area contributed by atoms with Gasteiger partial charge in [-0.05, 0) is 33.6 Å². The smallest absolute Gasteiger partial charge is 0.0693 e. The van der Waals surface area contributed by atoms with Gasteiger partial charge in [0.2, 0.25) is 0 Å². The van der Waals surface area contributed by atoms with Gasteiger partial charge in [0.25, 0.3) is 0 Å². The molecule has 1 rings (SSSR count). The maximum atomic E-state index is 9.67. The Morgan fingerprint density at radius 1 is 1.17 bits per heavy atom. The van der Waals surface area contributed by atoms with E-state index in [9.17, 15) is 5.11 Å². The quantitative estimate of drug-likeness (QED) is 0.629. The van der Waals surface area contributed by atoms with Crippen LogP contribution in [-0.4, -0.2) is 22.8 Å². The zero-order chi connectivity index (χ0) is 9.19. The molecular weight excluding hydrogens is 150 g/mol. The summed E-state index contributed by atoms with van der Waals surface area (Å²) in [5.41, 5.74) is 0.128. The average Bonchev–Trinajstić information content (AvgIpc) is 1.91. The van der Waals surface area contributed by atoms with Crippen molar-refractivity contribution in [1.82, 2.24) is 5.32 Å². The van der Waals surface area contributed by atoms with E-state index in [1.54, 1.807) is 0 Å². The maximum absolute atomic E-state index is 9.67. The monoisotopic (exact) mass is 171 g/mol. The Hall–Kier alpha value is -0.0800. The van der Waals surface area contributed by atoms with Crippen LogP contribution in [0, 0.1) is 0 Å². The Morgan fingerprint density at radius 2 is 1.75 bits per heavy atom. The third-order valence-corrected chi connectivity index (χ3v) is 2.35. The van der Waals surface area contributed by atoms with Crippen LogP contribution < -0.4 is 5.32 Å². The van der Waals surface area contributed by atoms with E-state index in [0.717, 1.165) is 12.8 Å². The fourth-order valence-corrected chi connectivity index (χ4v) is 1.84. The van der Waals surface area contributed by atoms with Gasteiger partial charge in [0.05, 0.1) is 6.10 Å². The molecule has 1 aliphatic carbocycles. The first kappa shape index (κ1) is 10.0. The Morgan fingerprint density at radius 3 is 2.25 bits per heavy atom. The highest BCUT2D eigenvalue weighted by Gasteiger charge is 2.26. The van der Waals surface area contributed by atoms with Gasteiger partial charge < -0.3 is 10.4 Å². The van der Waals surface area contributed by atoms with Crippen molar-refractivity contribution in [3.05, 3.63) is 0 Å². The van der Waals surface area contributed by atoms with Gasteiger partial charge in [-0.1, -0.05) is 12.8 Å². The van der Waals surface area contributed by atoms with Gasteiger partial charge in [0, 0.05) is 11.6 Å². The first-order valence-corrected chi connectivity index (χ1v) is 4.95. The SMILES string of the molecule is CC(C)(C)N[C@H]1CCCC[C@@H]1O. The van der Waals surface area contributed by atoms with E-state index in [2.05, 4.69) is 26.1 Å². The summed E-state index contributed by atoms with van der Waals surface area (Å²) in [7, 11) is 0. The van der Waals surface area contributed by atoms with Crippen molar-refractivity contribution in [2.45, 2.75) is 64.1 Å². The van der Waals surface area contributed by atoms with Crippen LogP contribution in [0.2, 0.25) is 0 Å². The summed E-state index contributed by atoms with van der Waals surface area (Å²) >= 11 is 0. The van der Waals surface area contributed by atoms with Crippen LogP contribution in [0.25, 0.3) is 0 Å². The van der Waals surface area contributed by atoms with E-state index < -0.39 is 0 Å². The van der Waals surface area contributed by atoms with Gasteiger partial charge in [-0.3, -0.25) is 0 Å². The normalized spacial score (nSPS) is 32.0. The lowest BCUT2D eigenvalue weighted by Gasteiger charge is -2.34. The fourth-order valence-electron chi connectivity index (χ4n) is 1.84. The molecule has 1 saturated carbocycles. The topological polar surface area (TPSA) is 32.3 Å². The summed E-state index contributed by atoms with van der Waals surface area (Å²) in [6.45, 7) is 6.44. The van der Waals surface area contributed by atoms with Crippen LogP contribution in [0.15, 0.2) is 0 Å². The molecule has 2 atom stereocenters. The molecule has 2 nitrogen and oxygen atoms in total. The molecule has 12 heavy (non-hydrogen) atoms. The van der Waals surface area contributed by atoms with Crippen molar-refractivity contribution in [3.8, 4) is 0 Å². The minimum absolute atomic E-state index is 0.127. The van der Waals surface area contributed by atoms with E-state index in [-0.39, 0.29) is 11.6 Å². The van der Waals surface area contributed by atoms with E-state index >= 15 is 0 Å². The lowest BCUT2D eigenvalue weighted by atomic mass is 9.91. The summed E-state index contributed by atoms with van der Waals surface area (Å²) in [5, 5.41) is 13.1. The molecule has 0 amide bonds. The Bertz CT molecular complexity index is 139. The highest BCUT2D eigenvalue weighted by Crippen LogP contribution is 2.20. The van der Waals surface area contributed by atoms with Gasteiger partial charge in [0.15, 0.2) is 0 Å². The average molecular weight is 171 g/mol. The molecular formula is C10H21NO. The lowest BCUT2D eigenvalue weighted by Crippen LogP contribution is -2.50. The van der Waals surface area contributed by atoms with Crippen molar-refractivity contribution in [1.29, 1.82) is 0 Å². The second kappa shape index (κ2) is 3.75. The van der Waals surface area contributed by atoms with Crippen molar-refractivity contribution in [3.63, 3.8) is 0 Å². The molecule has 0 bridgehead atoms. The highest BCUT2D eigenvalue weighted by atomic mass is 16.3. The van der Waals surface area contributed by atoms with Gasteiger partial charge in [-0.25, -0.2) is 0 Å². The van der Waals surface area contributed by atoms with Crippen LogP contribution in [0.4, 0.5) is 0 Å². The molecule has 2 heteroatoms. The summed E-state index contributed by atoms with van der Waals surface area (Å²) in [4.78, 5) is 0. The number of hydrogen-bond donors (Lipinski definition) is 2. The molecule has 72 valence electrons. The number of rotatable bonds is 1. The van der Waals surface area contributed by atoms with Crippen LogP contribution in [0.5, 0.6) is 0 Å². The van der Waals surface area contributed by atoms with Gasteiger partial charge >= 0.3 is 0 Å². The van der Waals surface area contributed by atoms with Crippen LogP contribution in [-0.2, 0) is 0 Å². The predicted octanol–water partition coefficient (Wildman–Crippen LogP) is 1.68. The first-order chi connectivity index (χ1) is 5.49. The minimum Gasteiger partial charge on any atom is -0.392 e. The Kier molecular flexibility index (Phi) is 3.13. The fraction of sp³-hybridized carbons (Fsp3) is 1.00. The summed E-state index contributed by atoms with van der Waals surface area (Å²) in [5.74, 6) is 0. The predicted molar refractivity (Wildman–Crippen MR) is 51.2 cm³/mol. The largest absolute Gasteiger partial charge is 0.392 e. The number of aliphatic hydroxyl groups is 1. The maximum Gasteiger partial charge on any atom is 0.0693 e. The summed E-state index contributed by atoms with van der Waals surface area (Å²) in [6, 6.07) is 0.318. The van der Waals surface area contributed by atoms with E-state index in [4.69, 9.17) is 0 Å². The molecule has 0 radical (unpaired) electrons. The van der Waals surface area contributed by atoms with Crippen molar-refractivity contribution in [2.24, 2.45) is 0 Å². The third-order valence-electron chi connectivity index (χ3n) is 2.35. The molecule has 0 aliphatic heterocycles. The molecule has 0 aromatic heterocycles. The molecule has 1 aliphatic rings. The van der Waals surface area contributed by atoms with Gasteiger partial charge in [-0.15, -0.1) is 0 Å². The molecule has 0 unspecified atom stereocenters. The minimum atomic E-state index is -0.127. The van der Waals surface area contributed by atoms with Crippen LogP contribution in [0.3, 0.4) is 0 Å². The molecule has 1 fully saturated rings. The van der Waals surface area contributed by atoms with Crippen LogP contribution in [0.1, 0.15) is 46.5 Å². The molecule has 0 saturated heterocycles. The zero-order valence-corrected chi connectivity index (χ0v) is 8.43. The van der Waals surface area contributed by atoms with E-state index in [0.29, 0.717) is 6.04 Å². The standard InChI is InChI=1S/C10H21NO/c1-10(2,3)11-8-6-4-5-7-9(8)12/h8-9,11-12H,4-7H2,1-3H3/t8-,9-/m0/s1. The molecule has 0 spiro atoms. The molecule has 0 aromatic rings. The second-order valence-electron chi connectivity index (χ2n) is 4.85. The molecule has 2 N–H and O–H groups in total. The Labute approximate surface area is 75.4 Å². The number of aliphatic hydroxyl groups excluding tert-OH is 1. The number of hydrogen-bond acceptors (Lipinski definition) is 2. The van der Waals surface area contributed by atoms with Crippen molar-refractivity contribution < 1.29 is 5.11 Å². The first-order valence-electron chi connectivity index (χ1n) is 4.95. The van der Waals surface area contributed by atoms with Crippen molar-refractivity contribution >= 4 is 0 Å². The summed E-state index contributed by atoms with van der Waals surface area (Å²) < 4.78 is 0. The molecule has 0 heterocycles. The van der Waals surface area contributed by atoms with Gasteiger partial charge in [0.1, 0.15) is 0 Å². The van der Waals surface area contributed by atoms with Gasteiger partial charge in [-0.2, -0.15) is 0 Å². The van der Waals surface area contributed by atoms with Crippen molar-refractivity contribution in [2.75, 3.05) is 0 Å². The molecule has 0 aromatic carbocycles. The zero-order valence-electron chi connectivity index (χ0n) is 8.43. The number of nitrogens with one attached hydrogen (secondary N) is 1. The van der Waals surface area contributed by atoms with Crippen LogP contribution >= 0.6 is 0 Å².